The van der Waals surface area contributed by atoms with Crippen LogP contribution in [-0.4, -0.2) is 41.4 Å². The highest BCUT2D eigenvalue weighted by molar-refractivity contribution is 14.0. The first-order valence-corrected chi connectivity index (χ1v) is 11.3. The summed E-state index contributed by atoms with van der Waals surface area (Å²) in [5.41, 5.74) is 2.34. The van der Waals surface area contributed by atoms with Crippen LogP contribution in [0.2, 0.25) is 0 Å². The van der Waals surface area contributed by atoms with Gasteiger partial charge in [0.2, 0.25) is 5.91 Å². The standard InChI is InChI=1S/C22H31N5OS.HI/c1-3-19-15-25-20(29-19)11-12-24-22(23-4-2)26-14-17-8-5-6-9-18(17)16-27-13-7-10-21(27)28;/h5-6,8-9,15H,3-4,7,10-14,16H2,1-2H3,(H2,23,24,26);1H. The highest BCUT2D eigenvalue weighted by Gasteiger charge is 2.20. The lowest BCUT2D eigenvalue weighted by Crippen LogP contribution is -2.38. The van der Waals surface area contributed by atoms with Crippen molar-refractivity contribution in [1.82, 2.24) is 20.5 Å². The third kappa shape index (κ3) is 7.23. The van der Waals surface area contributed by atoms with Crippen molar-refractivity contribution in [3.63, 3.8) is 0 Å². The normalized spacial score (nSPS) is 14.0. The summed E-state index contributed by atoms with van der Waals surface area (Å²) in [4.78, 5) is 24.5. The topological polar surface area (TPSA) is 69.6 Å². The van der Waals surface area contributed by atoms with Gasteiger partial charge >= 0.3 is 0 Å². The van der Waals surface area contributed by atoms with Gasteiger partial charge in [0.05, 0.1) is 11.6 Å². The number of guanidine groups is 1. The number of aromatic nitrogens is 1. The molecule has 2 heterocycles. The fourth-order valence-corrected chi connectivity index (χ4v) is 4.23. The van der Waals surface area contributed by atoms with E-state index in [4.69, 9.17) is 4.99 Å². The van der Waals surface area contributed by atoms with Gasteiger partial charge in [-0.3, -0.25) is 4.79 Å². The van der Waals surface area contributed by atoms with Gasteiger partial charge in [-0.2, -0.15) is 0 Å². The van der Waals surface area contributed by atoms with Crippen LogP contribution >= 0.6 is 35.3 Å². The summed E-state index contributed by atoms with van der Waals surface area (Å²) in [5, 5.41) is 7.88. The highest BCUT2D eigenvalue weighted by atomic mass is 127. The van der Waals surface area contributed by atoms with E-state index in [0.29, 0.717) is 19.5 Å². The third-order valence-corrected chi connectivity index (χ3v) is 6.19. The molecule has 0 bridgehead atoms. The van der Waals surface area contributed by atoms with Crippen LogP contribution in [0, 0.1) is 0 Å². The lowest BCUT2D eigenvalue weighted by molar-refractivity contribution is -0.128. The lowest BCUT2D eigenvalue weighted by Gasteiger charge is -2.18. The van der Waals surface area contributed by atoms with Gasteiger partial charge in [0.25, 0.3) is 0 Å². The molecular weight excluding hydrogens is 509 g/mol. The summed E-state index contributed by atoms with van der Waals surface area (Å²) in [6, 6.07) is 8.27. The van der Waals surface area contributed by atoms with Gasteiger partial charge in [0.1, 0.15) is 0 Å². The maximum atomic E-state index is 12.0. The number of aryl methyl sites for hydroxylation is 1. The van der Waals surface area contributed by atoms with E-state index in [0.717, 1.165) is 55.4 Å². The van der Waals surface area contributed by atoms with Crippen molar-refractivity contribution in [3.8, 4) is 0 Å². The summed E-state index contributed by atoms with van der Waals surface area (Å²) in [6.07, 6.45) is 5.54. The Morgan fingerprint density at radius 2 is 2.03 bits per heavy atom. The van der Waals surface area contributed by atoms with Gasteiger partial charge in [-0.05, 0) is 30.9 Å². The molecule has 1 aliphatic rings. The van der Waals surface area contributed by atoms with Crippen molar-refractivity contribution in [2.75, 3.05) is 19.6 Å². The second-order valence-electron chi connectivity index (χ2n) is 7.13. The molecule has 1 saturated heterocycles. The number of hydrogen-bond acceptors (Lipinski definition) is 4. The van der Waals surface area contributed by atoms with Gasteiger partial charge < -0.3 is 15.5 Å². The zero-order valence-corrected chi connectivity index (χ0v) is 21.0. The summed E-state index contributed by atoms with van der Waals surface area (Å²) >= 11 is 1.78. The molecule has 2 N–H and O–H groups in total. The Morgan fingerprint density at radius 3 is 2.70 bits per heavy atom. The van der Waals surface area contributed by atoms with Crippen LogP contribution in [0.1, 0.15) is 47.7 Å². The van der Waals surface area contributed by atoms with Crippen LogP contribution in [0.25, 0.3) is 0 Å². The van der Waals surface area contributed by atoms with E-state index in [2.05, 4.69) is 41.6 Å². The molecule has 1 aliphatic heterocycles. The molecule has 0 atom stereocenters. The van der Waals surface area contributed by atoms with Crippen molar-refractivity contribution in [2.24, 2.45) is 4.99 Å². The van der Waals surface area contributed by atoms with Crippen LogP contribution in [0.3, 0.4) is 0 Å². The zero-order valence-electron chi connectivity index (χ0n) is 17.8. The Kier molecular flexibility index (Phi) is 10.6. The minimum atomic E-state index is 0. The molecule has 164 valence electrons. The molecule has 0 unspecified atom stereocenters. The van der Waals surface area contributed by atoms with Crippen LogP contribution in [0.4, 0.5) is 0 Å². The first-order valence-electron chi connectivity index (χ1n) is 10.5. The Balaban J connectivity index is 0.00000320. The predicted octanol–water partition coefficient (Wildman–Crippen LogP) is 3.74. The molecule has 2 aromatic rings. The molecule has 6 nitrogen and oxygen atoms in total. The van der Waals surface area contributed by atoms with E-state index in [1.54, 1.807) is 11.3 Å². The third-order valence-electron chi connectivity index (χ3n) is 4.98. The number of amides is 1. The molecule has 3 rings (SSSR count). The second-order valence-corrected chi connectivity index (χ2v) is 8.33. The Morgan fingerprint density at radius 1 is 1.23 bits per heavy atom. The quantitative estimate of drug-likeness (QED) is 0.289. The summed E-state index contributed by atoms with van der Waals surface area (Å²) in [5.74, 6) is 1.07. The van der Waals surface area contributed by atoms with Gasteiger partial charge in [-0.1, -0.05) is 31.2 Å². The van der Waals surface area contributed by atoms with Gasteiger partial charge in [0, 0.05) is 50.1 Å². The fraction of sp³-hybridized carbons (Fsp3) is 0.500. The number of carbonyl (C=O) groups is 1. The minimum absolute atomic E-state index is 0. The molecular formula is C22H32IN5OS. The first kappa shape index (κ1) is 24.6. The average molecular weight is 542 g/mol. The Bertz CT molecular complexity index is 838. The molecule has 0 spiro atoms. The number of aliphatic imine (C=N–C) groups is 1. The maximum absolute atomic E-state index is 12.0. The van der Waals surface area contributed by atoms with Crippen molar-refractivity contribution in [2.45, 2.75) is 52.6 Å². The van der Waals surface area contributed by atoms with E-state index in [1.807, 2.05) is 23.2 Å². The van der Waals surface area contributed by atoms with E-state index < -0.39 is 0 Å². The molecule has 8 heteroatoms. The number of rotatable bonds is 9. The fourth-order valence-electron chi connectivity index (χ4n) is 3.36. The van der Waals surface area contributed by atoms with Gasteiger partial charge in [-0.25, -0.2) is 9.98 Å². The number of likely N-dealkylation sites (tertiary alicyclic amines) is 1. The van der Waals surface area contributed by atoms with Crippen molar-refractivity contribution in [3.05, 3.63) is 51.5 Å². The number of carbonyl (C=O) groups excluding carboxylic acids is 1. The van der Waals surface area contributed by atoms with E-state index in [-0.39, 0.29) is 29.9 Å². The predicted molar refractivity (Wildman–Crippen MR) is 135 cm³/mol. The second kappa shape index (κ2) is 12.9. The first-order chi connectivity index (χ1) is 14.2. The number of thiazole rings is 1. The average Bonchev–Trinajstić information content (AvgIpc) is 3.36. The summed E-state index contributed by atoms with van der Waals surface area (Å²) < 4.78 is 0. The van der Waals surface area contributed by atoms with Gasteiger partial charge in [-0.15, -0.1) is 35.3 Å². The monoisotopic (exact) mass is 541 g/mol. The Hall–Kier alpha value is -1.68. The molecule has 0 radical (unpaired) electrons. The SMILES string of the molecule is CCNC(=NCc1ccccc1CN1CCCC1=O)NCCc1ncc(CC)s1.I. The molecule has 1 aromatic carbocycles. The van der Waals surface area contributed by atoms with E-state index in [1.165, 1.54) is 10.4 Å². The highest BCUT2D eigenvalue weighted by Crippen LogP contribution is 2.18. The number of benzene rings is 1. The van der Waals surface area contributed by atoms with Crippen LogP contribution < -0.4 is 10.6 Å². The summed E-state index contributed by atoms with van der Waals surface area (Å²) in [7, 11) is 0. The van der Waals surface area contributed by atoms with E-state index >= 15 is 0 Å². The zero-order chi connectivity index (χ0) is 20.5. The minimum Gasteiger partial charge on any atom is -0.357 e. The molecule has 30 heavy (non-hydrogen) atoms. The molecule has 1 fully saturated rings. The molecule has 1 amide bonds. The van der Waals surface area contributed by atoms with Crippen molar-refractivity contribution in [1.29, 1.82) is 0 Å². The number of nitrogens with one attached hydrogen (secondary N) is 2. The van der Waals surface area contributed by atoms with Crippen LogP contribution in [-0.2, 0) is 30.7 Å². The van der Waals surface area contributed by atoms with Crippen LogP contribution in [0.5, 0.6) is 0 Å². The smallest absolute Gasteiger partial charge is 0.222 e. The molecule has 1 aromatic heterocycles. The largest absolute Gasteiger partial charge is 0.357 e. The number of halogens is 1. The van der Waals surface area contributed by atoms with Gasteiger partial charge in [0.15, 0.2) is 5.96 Å². The van der Waals surface area contributed by atoms with Crippen molar-refractivity contribution < 1.29 is 4.79 Å². The summed E-state index contributed by atoms with van der Waals surface area (Å²) in [6.45, 7) is 7.96. The number of hydrogen-bond donors (Lipinski definition) is 2. The van der Waals surface area contributed by atoms with E-state index in [9.17, 15) is 4.79 Å². The maximum Gasteiger partial charge on any atom is 0.222 e. The van der Waals surface area contributed by atoms with Crippen LogP contribution in [0.15, 0.2) is 35.5 Å². The molecule has 0 aliphatic carbocycles. The Labute approximate surface area is 200 Å². The van der Waals surface area contributed by atoms with Crippen molar-refractivity contribution >= 4 is 47.2 Å². The lowest BCUT2D eigenvalue weighted by atomic mass is 10.1. The molecule has 0 saturated carbocycles. The number of nitrogens with zero attached hydrogens (tertiary/aromatic N) is 3.